The van der Waals surface area contributed by atoms with Crippen molar-refractivity contribution in [3.63, 3.8) is 0 Å². The highest BCUT2D eigenvalue weighted by Gasteiger charge is 2.25. The topological polar surface area (TPSA) is 102 Å². The number of benzene rings is 2. The summed E-state index contributed by atoms with van der Waals surface area (Å²) in [5.41, 5.74) is 2.99. The number of amides is 2. The van der Waals surface area contributed by atoms with Crippen LogP contribution in [0.4, 0.5) is 15.8 Å². The van der Waals surface area contributed by atoms with Crippen LogP contribution in [0.15, 0.2) is 73.2 Å². The normalized spacial score (nSPS) is 14.0. The number of nitrogens with zero attached hydrogens (tertiary/aromatic N) is 2. The van der Waals surface area contributed by atoms with Crippen molar-refractivity contribution in [2.24, 2.45) is 0 Å². The van der Waals surface area contributed by atoms with Gasteiger partial charge < -0.3 is 25.8 Å². The zero-order chi connectivity index (χ0) is 24.9. The van der Waals surface area contributed by atoms with Gasteiger partial charge in [-0.25, -0.2) is 4.39 Å². The van der Waals surface area contributed by atoms with Gasteiger partial charge in [-0.05, 0) is 42.0 Å². The number of anilines is 2. The Balaban J connectivity index is 0.00000320. The van der Waals surface area contributed by atoms with Gasteiger partial charge in [-0.1, -0.05) is 18.2 Å². The third kappa shape index (κ3) is 6.07. The number of nitrogens with one attached hydrogen (secondary N) is 4. The molecule has 1 saturated heterocycles. The van der Waals surface area contributed by atoms with Crippen LogP contribution in [-0.4, -0.2) is 54.0 Å². The summed E-state index contributed by atoms with van der Waals surface area (Å²) in [5, 5.41) is 9.79. The maximum absolute atomic E-state index is 15.0. The molecule has 37 heavy (non-hydrogen) atoms. The first-order valence-electron chi connectivity index (χ1n) is 11.9. The van der Waals surface area contributed by atoms with Gasteiger partial charge in [-0.3, -0.25) is 14.6 Å². The van der Waals surface area contributed by atoms with Crippen molar-refractivity contribution in [2.45, 2.75) is 12.5 Å². The Labute approximate surface area is 220 Å². The molecule has 0 aliphatic carbocycles. The molecule has 2 amide bonds. The Kier molecular flexibility index (Phi) is 8.37. The Morgan fingerprint density at radius 2 is 1.81 bits per heavy atom. The van der Waals surface area contributed by atoms with Crippen LogP contribution in [0.25, 0.3) is 10.9 Å². The van der Waals surface area contributed by atoms with E-state index in [1.807, 2.05) is 30.5 Å². The number of carbonyl (C=O) groups is 2. The van der Waals surface area contributed by atoms with Crippen molar-refractivity contribution in [2.75, 3.05) is 36.4 Å². The lowest BCUT2D eigenvalue weighted by molar-refractivity contribution is -0.118. The van der Waals surface area contributed by atoms with Gasteiger partial charge in [-0.2, -0.15) is 0 Å². The highest BCUT2D eigenvalue weighted by molar-refractivity contribution is 6.02. The average molecular weight is 523 g/mol. The lowest BCUT2D eigenvalue weighted by Crippen LogP contribution is -2.45. The lowest BCUT2D eigenvalue weighted by atomic mass is 10.0. The van der Waals surface area contributed by atoms with E-state index in [0.717, 1.165) is 48.3 Å². The number of piperazine rings is 1. The van der Waals surface area contributed by atoms with Crippen LogP contribution in [0.1, 0.15) is 15.9 Å². The molecule has 2 aromatic heterocycles. The minimum atomic E-state index is -0.933. The fraction of sp³-hybridized carbons (Fsp3) is 0.222. The maximum atomic E-state index is 15.0. The largest absolute Gasteiger partial charge is 0.369 e. The van der Waals surface area contributed by atoms with E-state index in [9.17, 15) is 9.59 Å². The minimum absolute atomic E-state index is 0. The molecule has 4 aromatic rings. The third-order valence-corrected chi connectivity index (χ3v) is 6.35. The zero-order valence-corrected chi connectivity index (χ0v) is 20.9. The summed E-state index contributed by atoms with van der Waals surface area (Å²) in [4.78, 5) is 35.6. The van der Waals surface area contributed by atoms with Crippen LogP contribution in [-0.2, 0) is 11.2 Å². The first-order chi connectivity index (χ1) is 17.6. The Bertz CT molecular complexity index is 1370. The summed E-state index contributed by atoms with van der Waals surface area (Å²) in [6.07, 6.45) is 5.19. The number of carbonyl (C=O) groups excluding carboxylic acids is 2. The summed E-state index contributed by atoms with van der Waals surface area (Å²) in [6.45, 7) is 3.19. The SMILES string of the molecule is Cl.O=C(NC(Cc1c[nH]c2ccccc12)C(=O)Nc1ccncc1)c1ccc(N2CCNCC2)cc1F. The summed E-state index contributed by atoms with van der Waals surface area (Å²) in [5.74, 6) is -1.67. The molecule has 0 radical (unpaired) electrons. The van der Waals surface area contributed by atoms with E-state index in [0.29, 0.717) is 5.69 Å². The highest BCUT2D eigenvalue weighted by atomic mass is 35.5. The number of para-hydroxylation sites is 1. The smallest absolute Gasteiger partial charge is 0.254 e. The molecular formula is C27H28ClFN6O2. The number of hydrogen-bond donors (Lipinski definition) is 4. The number of aromatic nitrogens is 2. The number of rotatable bonds is 7. The highest BCUT2D eigenvalue weighted by Crippen LogP contribution is 2.22. The first kappa shape index (κ1) is 26.1. The van der Waals surface area contributed by atoms with Gasteiger partial charge in [0.25, 0.3) is 5.91 Å². The van der Waals surface area contributed by atoms with Crippen molar-refractivity contribution in [3.8, 4) is 0 Å². The van der Waals surface area contributed by atoms with Gasteiger partial charge in [0.15, 0.2) is 0 Å². The molecule has 3 heterocycles. The van der Waals surface area contributed by atoms with Gasteiger partial charge in [0.05, 0.1) is 5.56 Å². The number of halogens is 2. The van der Waals surface area contributed by atoms with Gasteiger partial charge in [0.1, 0.15) is 11.9 Å². The summed E-state index contributed by atoms with van der Waals surface area (Å²) in [6, 6.07) is 14.7. The van der Waals surface area contributed by atoms with E-state index in [4.69, 9.17) is 0 Å². The monoisotopic (exact) mass is 522 g/mol. The van der Waals surface area contributed by atoms with E-state index >= 15 is 4.39 Å². The second-order valence-electron chi connectivity index (χ2n) is 8.72. The molecule has 192 valence electrons. The van der Waals surface area contributed by atoms with Crippen LogP contribution in [0, 0.1) is 5.82 Å². The van der Waals surface area contributed by atoms with Crippen molar-refractivity contribution >= 4 is 46.5 Å². The van der Waals surface area contributed by atoms with Crippen LogP contribution in [0.2, 0.25) is 0 Å². The van der Waals surface area contributed by atoms with E-state index < -0.39 is 23.7 Å². The number of fused-ring (bicyclic) bond motifs is 1. The number of hydrogen-bond acceptors (Lipinski definition) is 5. The standard InChI is InChI=1S/C27H27FN6O2.ClH/c28-23-16-20(34-13-11-30-12-14-34)5-6-22(23)26(35)33-25(27(36)32-19-7-9-29-10-8-19)15-18-17-31-24-4-2-1-3-21(18)24;/h1-10,16-17,25,30-31H,11-15H2,(H,33,35)(H,29,32,36);1H. The average Bonchev–Trinajstić information content (AvgIpc) is 3.32. The Morgan fingerprint density at radius 3 is 2.57 bits per heavy atom. The van der Waals surface area contributed by atoms with Gasteiger partial charge in [0, 0.05) is 73.5 Å². The number of aromatic amines is 1. The van der Waals surface area contributed by atoms with E-state index in [1.165, 1.54) is 12.1 Å². The quantitative estimate of drug-likeness (QED) is 0.297. The molecule has 1 fully saturated rings. The fourth-order valence-corrected chi connectivity index (χ4v) is 4.44. The molecular weight excluding hydrogens is 495 g/mol. The molecule has 10 heteroatoms. The van der Waals surface area contributed by atoms with Gasteiger partial charge in [0.2, 0.25) is 5.91 Å². The second-order valence-corrected chi connectivity index (χ2v) is 8.72. The molecule has 8 nitrogen and oxygen atoms in total. The predicted molar refractivity (Wildman–Crippen MR) is 145 cm³/mol. The summed E-state index contributed by atoms with van der Waals surface area (Å²) < 4.78 is 15.0. The van der Waals surface area contributed by atoms with Crippen molar-refractivity contribution in [1.82, 2.24) is 20.6 Å². The number of H-pyrrole nitrogens is 1. The number of pyridine rings is 1. The van der Waals surface area contributed by atoms with Gasteiger partial charge >= 0.3 is 0 Å². The van der Waals surface area contributed by atoms with E-state index in [2.05, 4.69) is 30.8 Å². The second kappa shape index (κ2) is 11.9. The maximum Gasteiger partial charge on any atom is 0.254 e. The van der Waals surface area contributed by atoms with Crippen molar-refractivity contribution < 1.29 is 14.0 Å². The predicted octanol–water partition coefficient (Wildman–Crippen LogP) is 3.51. The van der Waals surface area contributed by atoms with Crippen LogP contribution in [0.5, 0.6) is 0 Å². The van der Waals surface area contributed by atoms with Crippen LogP contribution >= 0.6 is 12.4 Å². The molecule has 0 bridgehead atoms. The van der Waals surface area contributed by atoms with Gasteiger partial charge in [-0.15, -0.1) is 12.4 Å². The molecule has 0 saturated carbocycles. The summed E-state index contributed by atoms with van der Waals surface area (Å²) in [7, 11) is 0. The van der Waals surface area contributed by atoms with E-state index in [-0.39, 0.29) is 24.4 Å². The lowest BCUT2D eigenvalue weighted by Gasteiger charge is -2.29. The Hall–Kier alpha value is -3.95. The zero-order valence-electron chi connectivity index (χ0n) is 20.0. The van der Waals surface area contributed by atoms with Crippen molar-refractivity contribution in [3.05, 3.63) is 90.1 Å². The molecule has 1 atom stereocenters. The molecule has 5 rings (SSSR count). The van der Waals surface area contributed by atoms with Crippen LogP contribution < -0.4 is 20.9 Å². The first-order valence-corrected chi connectivity index (χ1v) is 11.9. The summed E-state index contributed by atoms with van der Waals surface area (Å²) >= 11 is 0. The molecule has 0 spiro atoms. The fourth-order valence-electron chi connectivity index (χ4n) is 4.44. The molecule has 4 N–H and O–H groups in total. The van der Waals surface area contributed by atoms with Crippen LogP contribution in [0.3, 0.4) is 0 Å². The molecule has 1 unspecified atom stereocenters. The Morgan fingerprint density at radius 1 is 1.05 bits per heavy atom. The van der Waals surface area contributed by atoms with E-state index in [1.54, 1.807) is 30.6 Å². The molecule has 1 aliphatic heterocycles. The molecule has 2 aromatic carbocycles. The molecule has 1 aliphatic rings. The third-order valence-electron chi connectivity index (χ3n) is 6.35. The minimum Gasteiger partial charge on any atom is -0.369 e. The van der Waals surface area contributed by atoms with Crippen molar-refractivity contribution in [1.29, 1.82) is 0 Å².